The van der Waals surface area contributed by atoms with Gasteiger partial charge in [-0.15, -0.1) is 0 Å². The molecule has 0 aliphatic heterocycles. The van der Waals surface area contributed by atoms with Crippen molar-refractivity contribution < 1.29 is 4.79 Å². The van der Waals surface area contributed by atoms with E-state index in [2.05, 4.69) is 20.8 Å². The maximum Gasteiger partial charge on any atom is 0.320 e. The average molecular weight is 316 g/mol. The number of nitrogens with one attached hydrogen (secondary N) is 2. The molecule has 2 amide bonds. The van der Waals surface area contributed by atoms with Crippen molar-refractivity contribution in [3.05, 3.63) is 29.7 Å². The van der Waals surface area contributed by atoms with Crippen LogP contribution < -0.4 is 10.6 Å². The highest BCUT2D eigenvalue weighted by atomic mass is 16.2. The number of urea groups is 1. The molecule has 1 aliphatic carbocycles. The smallest absolute Gasteiger partial charge is 0.320 e. The molecule has 7 heteroatoms. The molecule has 0 radical (unpaired) electrons. The summed E-state index contributed by atoms with van der Waals surface area (Å²) >= 11 is 0. The van der Waals surface area contributed by atoms with Gasteiger partial charge in [0.1, 0.15) is 5.82 Å². The summed E-state index contributed by atoms with van der Waals surface area (Å²) in [5.41, 5.74) is 2.28. The lowest BCUT2D eigenvalue weighted by molar-refractivity contribution is 0.252. The van der Waals surface area contributed by atoms with Crippen LogP contribution >= 0.6 is 0 Å². The first kappa shape index (κ1) is 15.6. The molecule has 7 nitrogen and oxygen atoms in total. The van der Waals surface area contributed by atoms with E-state index in [1.165, 1.54) is 24.8 Å². The van der Waals surface area contributed by atoms with Crippen molar-refractivity contribution in [1.29, 1.82) is 0 Å². The molecule has 2 aromatic rings. The Hall–Kier alpha value is -2.31. The predicted molar refractivity (Wildman–Crippen MR) is 88.4 cm³/mol. The normalized spacial score (nSPS) is 14.5. The number of carbonyl (C=O) groups excluding carboxylic acids is 1. The maximum atomic E-state index is 12.0. The Morgan fingerprint density at radius 2 is 2.22 bits per heavy atom. The number of hydrogen-bond acceptors (Lipinski definition) is 3. The highest BCUT2D eigenvalue weighted by molar-refractivity contribution is 5.88. The zero-order chi connectivity index (χ0) is 16.2. The van der Waals surface area contributed by atoms with Gasteiger partial charge in [-0.3, -0.25) is 14.7 Å². The highest BCUT2D eigenvalue weighted by Crippen LogP contribution is 2.36. The summed E-state index contributed by atoms with van der Waals surface area (Å²) in [5, 5.41) is 14.4. The van der Waals surface area contributed by atoms with Crippen molar-refractivity contribution in [3.8, 4) is 0 Å². The number of rotatable bonds is 6. The van der Waals surface area contributed by atoms with Gasteiger partial charge in [-0.05, 0) is 31.2 Å². The number of anilines is 1. The van der Waals surface area contributed by atoms with Crippen LogP contribution in [0, 0.1) is 0 Å². The fourth-order valence-corrected chi connectivity index (χ4v) is 2.77. The van der Waals surface area contributed by atoms with Gasteiger partial charge >= 0.3 is 6.03 Å². The molecule has 0 spiro atoms. The van der Waals surface area contributed by atoms with Crippen molar-refractivity contribution in [1.82, 2.24) is 24.9 Å². The summed E-state index contributed by atoms with van der Waals surface area (Å²) in [7, 11) is 3.77. The van der Waals surface area contributed by atoms with Gasteiger partial charge in [-0.25, -0.2) is 4.79 Å². The molecule has 2 heterocycles. The lowest BCUT2D eigenvalue weighted by atomic mass is 9.83. The van der Waals surface area contributed by atoms with Gasteiger partial charge < -0.3 is 5.32 Å². The van der Waals surface area contributed by atoms with Gasteiger partial charge in [0, 0.05) is 38.8 Å². The zero-order valence-corrected chi connectivity index (χ0v) is 13.7. The minimum absolute atomic E-state index is 0.181. The summed E-state index contributed by atoms with van der Waals surface area (Å²) in [6, 6.07) is 1.80. The van der Waals surface area contributed by atoms with Gasteiger partial charge in [0.25, 0.3) is 0 Å². The Balaban J connectivity index is 1.41. The summed E-state index contributed by atoms with van der Waals surface area (Å²) in [6.45, 7) is 0.633. The Morgan fingerprint density at radius 3 is 2.87 bits per heavy atom. The van der Waals surface area contributed by atoms with Crippen LogP contribution in [0.5, 0.6) is 0 Å². The van der Waals surface area contributed by atoms with Crippen LogP contribution in [-0.4, -0.2) is 32.1 Å². The van der Waals surface area contributed by atoms with Crippen LogP contribution in [0.4, 0.5) is 10.6 Å². The SMILES string of the molecule is Cn1cc(CCCNC(=O)Nc2cc(C3CCC3)nn2C)cn1. The monoisotopic (exact) mass is 316 g/mol. The van der Waals surface area contributed by atoms with Gasteiger partial charge in [0.15, 0.2) is 0 Å². The summed E-state index contributed by atoms with van der Waals surface area (Å²) in [5.74, 6) is 1.32. The largest absolute Gasteiger partial charge is 0.338 e. The molecule has 23 heavy (non-hydrogen) atoms. The van der Waals surface area contributed by atoms with E-state index >= 15 is 0 Å². The number of aryl methyl sites for hydroxylation is 3. The second-order valence-corrected chi connectivity index (χ2v) is 6.21. The van der Waals surface area contributed by atoms with Crippen molar-refractivity contribution in [2.24, 2.45) is 14.1 Å². The molecular weight excluding hydrogens is 292 g/mol. The predicted octanol–water partition coefficient (Wildman–Crippen LogP) is 2.18. The van der Waals surface area contributed by atoms with E-state index in [1.807, 2.05) is 32.6 Å². The van der Waals surface area contributed by atoms with Gasteiger partial charge in [-0.2, -0.15) is 10.2 Å². The van der Waals surface area contributed by atoms with E-state index in [-0.39, 0.29) is 6.03 Å². The molecule has 0 aromatic carbocycles. The molecular formula is C16H24N6O. The highest BCUT2D eigenvalue weighted by Gasteiger charge is 2.23. The Morgan fingerprint density at radius 1 is 1.39 bits per heavy atom. The first-order chi connectivity index (χ1) is 11.1. The Labute approximate surface area is 136 Å². The number of nitrogens with zero attached hydrogens (tertiary/aromatic N) is 4. The van der Waals surface area contributed by atoms with Gasteiger partial charge in [0.2, 0.25) is 0 Å². The number of carbonyl (C=O) groups is 1. The fourth-order valence-electron chi connectivity index (χ4n) is 2.77. The van der Waals surface area contributed by atoms with Crippen LogP contribution in [0.2, 0.25) is 0 Å². The fraction of sp³-hybridized carbons (Fsp3) is 0.562. The molecule has 0 unspecified atom stereocenters. The standard InChI is InChI=1S/C16H24N6O/c1-21-11-12(10-18-21)5-4-8-17-16(23)19-15-9-14(20-22(15)2)13-6-3-7-13/h9-11,13H,3-8H2,1-2H3,(H2,17,19,23). The van der Waals surface area contributed by atoms with Crippen molar-refractivity contribution >= 4 is 11.8 Å². The first-order valence-corrected chi connectivity index (χ1v) is 8.18. The Kier molecular flexibility index (Phi) is 4.64. The number of hydrogen-bond donors (Lipinski definition) is 2. The minimum Gasteiger partial charge on any atom is -0.338 e. The molecule has 1 saturated carbocycles. The molecule has 3 rings (SSSR count). The summed E-state index contributed by atoms with van der Waals surface area (Å²) in [4.78, 5) is 12.0. The minimum atomic E-state index is -0.181. The second kappa shape index (κ2) is 6.85. The van der Waals surface area contributed by atoms with E-state index in [4.69, 9.17) is 0 Å². The molecule has 0 atom stereocenters. The van der Waals surface area contributed by atoms with E-state index in [1.54, 1.807) is 9.36 Å². The zero-order valence-electron chi connectivity index (χ0n) is 13.7. The molecule has 2 N–H and O–H groups in total. The number of amides is 2. The van der Waals surface area contributed by atoms with Gasteiger partial charge in [-0.1, -0.05) is 6.42 Å². The van der Waals surface area contributed by atoms with E-state index in [9.17, 15) is 4.79 Å². The lowest BCUT2D eigenvalue weighted by Crippen LogP contribution is -2.30. The maximum absolute atomic E-state index is 12.0. The van der Waals surface area contributed by atoms with Crippen molar-refractivity contribution in [2.75, 3.05) is 11.9 Å². The van der Waals surface area contributed by atoms with E-state index in [0.717, 1.165) is 24.4 Å². The van der Waals surface area contributed by atoms with E-state index < -0.39 is 0 Å². The molecule has 124 valence electrons. The summed E-state index contributed by atoms with van der Waals surface area (Å²) < 4.78 is 3.53. The quantitative estimate of drug-likeness (QED) is 0.802. The molecule has 2 aromatic heterocycles. The van der Waals surface area contributed by atoms with Crippen LogP contribution in [0.3, 0.4) is 0 Å². The van der Waals surface area contributed by atoms with Gasteiger partial charge in [0.05, 0.1) is 11.9 Å². The Bertz CT molecular complexity index is 670. The lowest BCUT2D eigenvalue weighted by Gasteiger charge is -2.22. The molecule has 0 bridgehead atoms. The molecule has 1 aliphatic rings. The van der Waals surface area contributed by atoms with E-state index in [0.29, 0.717) is 12.5 Å². The average Bonchev–Trinajstić information content (AvgIpc) is 3.00. The summed E-state index contributed by atoms with van der Waals surface area (Å²) in [6.07, 6.45) is 9.34. The van der Waals surface area contributed by atoms with Crippen LogP contribution in [0.15, 0.2) is 18.5 Å². The third kappa shape index (κ3) is 3.91. The van der Waals surface area contributed by atoms with Crippen LogP contribution in [-0.2, 0) is 20.5 Å². The van der Waals surface area contributed by atoms with Crippen molar-refractivity contribution in [3.63, 3.8) is 0 Å². The van der Waals surface area contributed by atoms with Crippen LogP contribution in [0.1, 0.15) is 42.9 Å². The topological polar surface area (TPSA) is 76.8 Å². The third-order valence-corrected chi connectivity index (χ3v) is 4.35. The molecule has 0 saturated heterocycles. The van der Waals surface area contributed by atoms with Crippen LogP contribution in [0.25, 0.3) is 0 Å². The number of aromatic nitrogens is 4. The second-order valence-electron chi connectivity index (χ2n) is 6.21. The van der Waals surface area contributed by atoms with Crippen molar-refractivity contribution in [2.45, 2.75) is 38.0 Å². The third-order valence-electron chi connectivity index (χ3n) is 4.35. The first-order valence-electron chi connectivity index (χ1n) is 8.18. The molecule has 1 fully saturated rings.